The highest BCUT2D eigenvalue weighted by Crippen LogP contribution is 2.28. The van der Waals surface area contributed by atoms with Crippen LogP contribution in [0.5, 0.6) is 0 Å². The van der Waals surface area contributed by atoms with E-state index in [4.69, 9.17) is 0 Å². The molecule has 0 atom stereocenters. The molecule has 1 aromatic carbocycles. The minimum absolute atomic E-state index is 0.232. The molecule has 1 aliphatic rings. The summed E-state index contributed by atoms with van der Waals surface area (Å²) in [6, 6.07) is 6.90. The van der Waals surface area contributed by atoms with E-state index in [9.17, 15) is 9.59 Å². The van der Waals surface area contributed by atoms with Crippen LogP contribution in [0.15, 0.2) is 28.2 Å². The zero-order chi connectivity index (χ0) is 13.6. The van der Waals surface area contributed by atoms with Gasteiger partial charge in [0.25, 0.3) is 11.8 Å². The second kappa shape index (κ2) is 4.54. The number of halogens is 1. The van der Waals surface area contributed by atoms with Crippen LogP contribution in [0, 0.1) is 6.92 Å². The molecule has 0 spiro atoms. The van der Waals surface area contributed by atoms with E-state index in [0.29, 0.717) is 11.1 Å². The van der Waals surface area contributed by atoms with E-state index in [1.165, 1.54) is 16.2 Å². The first-order valence-electron chi connectivity index (χ1n) is 5.65. The number of rotatable bonds is 2. The molecule has 96 valence electrons. The van der Waals surface area contributed by atoms with Gasteiger partial charge in [-0.2, -0.15) is 0 Å². The average molecular weight is 337 g/mol. The lowest BCUT2D eigenvalue weighted by Gasteiger charge is -2.12. The Labute approximate surface area is 122 Å². The first-order chi connectivity index (χ1) is 9.08. The molecule has 2 amide bonds. The van der Waals surface area contributed by atoms with Gasteiger partial charge in [-0.25, -0.2) is 4.98 Å². The van der Waals surface area contributed by atoms with Gasteiger partial charge in [0.1, 0.15) is 0 Å². The molecule has 0 saturated carbocycles. The van der Waals surface area contributed by atoms with Gasteiger partial charge >= 0.3 is 0 Å². The summed E-state index contributed by atoms with van der Waals surface area (Å²) in [5.74, 6) is -0.464. The molecule has 0 bridgehead atoms. The number of fused-ring (bicyclic) bond motifs is 1. The maximum absolute atomic E-state index is 12.2. The average Bonchev–Trinajstić information content (AvgIpc) is 2.83. The molecule has 1 aromatic heterocycles. The molecule has 0 saturated heterocycles. The summed E-state index contributed by atoms with van der Waals surface area (Å²) in [5.41, 5.74) is 1.80. The van der Waals surface area contributed by atoms with Crippen LogP contribution in [0.1, 0.15) is 31.3 Å². The number of imide groups is 1. The molecule has 2 aromatic rings. The summed E-state index contributed by atoms with van der Waals surface area (Å²) in [7, 11) is 0. The van der Waals surface area contributed by atoms with Gasteiger partial charge in [0, 0.05) is 4.88 Å². The van der Waals surface area contributed by atoms with Crippen molar-refractivity contribution >= 4 is 39.1 Å². The molecule has 0 radical (unpaired) electrons. The van der Waals surface area contributed by atoms with Gasteiger partial charge in [-0.05, 0) is 35.0 Å². The minimum Gasteiger partial charge on any atom is -0.269 e. The smallest absolute Gasteiger partial charge is 0.261 e. The normalized spacial score (nSPS) is 14.1. The highest BCUT2D eigenvalue weighted by atomic mass is 79.9. The predicted molar refractivity (Wildman–Crippen MR) is 75.2 cm³/mol. The van der Waals surface area contributed by atoms with Crippen molar-refractivity contribution in [1.29, 1.82) is 0 Å². The Morgan fingerprint density at radius 2 is 1.79 bits per heavy atom. The van der Waals surface area contributed by atoms with E-state index in [1.54, 1.807) is 24.3 Å². The molecule has 0 fully saturated rings. The molecule has 19 heavy (non-hydrogen) atoms. The molecular formula is C13H9BrN2O2S. The Balaban J connectivity index is 1.94. The topological polar surface area (TPSA) is 50.3 Å². The third kappa shape index (κ3) is 2.01. The number of hydrogen-bond donors (Lipinski definition) is 0. The Hall–Kier alpha value is -1.53. The van der Waals surface area contributed by atoms with Crippen molar-refractivity contribution in [3.05, 3.63) is 49.9 Å². The van der Waals surface area contributed by atoms with Crippen molar-refractivity contribution < 1.29 is 9.59 Å². The molecule has 0 unspecified atom stereocenters. The number of benzene rings is 1. The fraction of sp³-hybridized carbons (Fsp3) is 0.154. The quantitative estimate of drug-likeness (QED) is 0.792. The number of aromatic nitrogens is 1. The van der Waals surface area contributed by atoms with Crippen molar-refractivity contribution in [3.63, 3.8) is 0 Å². The summed E-state index contributed by atoms with van der Waals surface area (Å²) in [6.45, 7) is 2.15. The molecule has 0 N–H and O–H groups in total. The van der Waals surface area contributed by atoms with E-state index >= 15 is 0 Å². The number of thiazole rings is 1. The van der Waals surface area contributed by atoms with E-state index in [-0.39, 0.29) is 18.4 Å². The summed E-state index contributed by atoms with van der Waals surface area (Å²) in [5, 5.41) is 0. The molecule has 4 nitrogen and oxygen atoms in total. The SMILES string of the molecule is Cc1nc(Br)sc1CN1C(=O)c2ccccc2C1=O. The van der Waals surface area contributed by atoms with E-state index < -0.39 is 0 Å². The lowest BCUT2D eigenvalue weighted by atomic mass is 10.1. The Morgan fingerprint density at radius 3 is 2.26 bits per heavy atom. The maximum atomic E-state index is 12.2. The van der Waals surface area contributed by atoms with Crippen LogP contribution in [0.25, 0.3) is 0 Å². The third-order valence-electron chi connectivity index (χ3n) is 3.05. The van der Waals surface area contributed by atoms with E-state index in [0.717, 1.165) is 14.5 Å². The number of nitrogens with zero attached hydrogens (tertiary/aromatic N) is 2. The van der Waals surface area contributed by atoms with Crippen LogP contribution < -0.4 is 0 Å². The monoisotopic (exact) mass is 336 g/mol. The first kappa shape index (κ1) is 12.5. The zero-order valence-electron chi connectivity index (χ0n) is 10.0. The Kier molecular flexibility index (Phi) is 2.99. The van der Waals surface area contributed by atoms with Gasteiger partial charge in [0.15, 0.2) is 3.92 Å². The highest BCUT2D eigenvalue weighted by molar-refractivity contribution is 9.11. The second-order valence-electron chi connectivity index (χ2n) is 4.22. The molecule has 3 rings (SSSR count). The Bertz CT molecular complexity index is 661. The maximum Gasteiger partial charge on any atom is 0.261 e. The van der Waals surface area contributed by atoms with Crippen molar-refractivity contribution in [2.75, 3.05) is 0 Å². The summed E-state index contributed by atoms with van der Waals surface area (Å²) >= 11 is 4.75. The predicted octanol–water partition coefficient (Wildman–Crippen LogP) is 3.01. The number of carbonyl (C=O) groups is 2. The number of hydrogen-bond acceptors (Lipinski definition) is 4. The second-order valence-corrected chi connectivity index (χ2v) is 6.58. The van der Waals surface area contributed by atoms with Crippen molar-refractivity contribution in [1.82, 2.24) is 9.88 Å². The van der Waals surface area contributed by atoms with Crippen LogP contribution in [0.3, 0.4) is 0 Å². The van der Waals surface area contributed by atoms with Gasteiger partial charge in [0.2, 0.25) is 0 Å². The van der Waals surface area contributed by atoms with E-state index in [2.05, 4.69) is 20.9 Å². The van der Waals surface area contributed by atoms with Crippen LogP contribution in [-0.4, -0.2) is 21.7 Å². The Morgan fingerprint density at radius 1 is 1.21 bits per heavy atom. The summed E-state index contributed by atoms with van der Waals surface area (Å²) < 4.78 is 0.761. The lowest BCUT2D eigenvalue weighted by Crippen LogP contribution is -2.28. The van der Waals surface area contributed by atoms with Crippen molar-refractivity contribution in [2.24, 2.45) is 0 Å². The van der Waals surface area contributed by atoms with E-state index in [1.807, 2.05) is 6.92 Å². The largest absolute Gasteiger partial charge is 0.269 e. The molecule has 6 heteroatoms. The van der Waals surface area contributed by atoms with Gasteiger partial charge in [-0.1, -0.05) is 12.1 Å². The number of carbonyl (C=O) groups excluding carboxylic acids is 2. The number of amides is 2. The van der Waals surface area contributed by atoms with Gasteiger partial charge in [-0.3, -0.25) is 14.5 Å². The standard InChI is InChI=1S/C13H9BrN2O2S/c1-7-10(19-13(14)15-7)6-16-11(17)8-4-2-3-5-9(8)12(16)18/h2-5H,6H2,1H3. The third-order valence-corrected chi connectivity index (χ3v) is 4.64. The van der Waals surface area contributed by atoms with Gasteiger partial charge in [0.05, 0.1) is 23.4 Å². The van der Waals surface area contributed by atoms with Crippen LogP contribution in [0.2, 0.25) is 0 Å². The summed E-state index contributed by atoms with van der Waals surface area (Å²) in [6.07, 6.45) is 0. The zero-order valence-corrected chi connectivity index (χ0v) is 12.4. The first-order valence-corrected chi connectivity index (χ1v) is 7.26. The minimum atomic E-state index is -0.232. The molecule has 1 aliphatic heterocycles. The van der Waals surface area contributed by atoms with Crippen LogP contribution in [-0.2, 0) is 6.54 Å². The lowest BCUT2D eigenvalue weighted by molar-refractivity contribution is 0.0643. The fourth-order valence-electron chi connectivity index (χ4n) is 2.07. The van der Waals surface area contributed by atoms with Crippen LogP contribution >= 0.6 is 27.3 Å². The van der Waals surface area contributed by atoms with Crippen molar-refractivity contribution in [2.45, 2.75) is 13.5 Å². The summed E-state index contributed by atoms with van der Waals surface area (Å²) in [4.78, 5) is 30.8. The van der Waals surface area contributed by atoms with Gasteiger partial charge in [-0.15, -0.1) is 11.3 Å². The highest BCUT2D eigenvalue weighted by Gasteiger charge is 2.35. The van der Waals surface area contributed by atoms with Gasteiger partial charge < -0.3 is 0 Å². The molecule has 0 aliphatic carbocycles. The van der Waals surface area contributed by atoms with Crippen LogP contribution in [0.4, 0.5) is 0 Å². The fourth-order valence-corrected chi connectivity index (χ4v) is 3.69. The molecule has 2 heterocycles. The molecular weight excluding hydrogens is 328 g/mol. The van der Waals surface area contributed by atoms with Crippen molar-refractivity contribution in [3.8, 4) is 0 Å². The number of aryl methyl sites for hydroxylation is 1.